The van der Waals surface area contributed by atoms with Crippen LogP contribution in [0.2, 0.25) is 0 Å². The molecule has 86 valence electrons. The molecule has 1 aromatic heterocycles. The number of fused-ring (bicyclic) bond motifs is 1. The lowest BCUT2D eigenvalue weighted by molar-refractivity contribution is 0.476. The first-order chi connectivity index (χ1) is 7.44. The molecule has 5 heteroatoms. The van der Waals surface area contributed by atoms with Crippen molar-refractivity contribution in [3.8, 4) is 5.75 Å². The van der Waals surface area contributed by atoms with Crippen molar-refractivity contribution in [1.29, 1.82) is 0 Å². The maximum atomic E-state index is 9.34. The summed E-state index contributed by atoms with van der Waals surface area (Å²) in [5, 5.41) is 9.34. The van der Waals surface area contributed by atoms with Gasteiger partial charge in [0.25, 0.3) is 0 Å². The van der Waals surface area contributed by atoms with Crippen LogP contribution < -0.4 is 4.72 Å². The Morgan fingerprint density at radius 2 is 2.12 bits per heavy atom. The molecule has 2 aromatic rings. The number of aromatic nitrogens is 1. The predicted octanol–water partition coefficient (Wildman–Crippen LogP) is 3.40. The summed E-state index contributed by atoms with van der Waals surface area (Å²) >= 11 is 3.16. The second-order valence-corrected chi connectivity index (χ2v) is 6.67. The van der Waals surface area contributed by atoms with E-state index in [9.17, 15) is 5.11 Å². The second-order valence-electron chi connectivity index (χ2n) is 4.59. The highest BCUT2D eigenvalue weighted by atomic mass is 32.2. The largest absolute Gasteiger partial charge is 0.508 e. The van der Waals surface area contributed by atoms with Gasteiger partial charge in [0, 0.05) is 11.6 Å². The van der Waals surface area contributed by atoms with Crippen molar-refractivity contribution >= 4 is 33.5 Å². The molecule has 1 aromatic carbocycles. The van der Waals surface area contributed by atoms with E-state index in [0.29, 0.717) is 0 Å². The van der Waals surface area contributed by atoms with Gasteiger partial charge in [-0.25, -0.2) is 4.98 Å². The Labute approximate surface area is 103 Å². The Balaban J connectivity index is 2.20. The van der Waals surface area contributed by atoms with Crippen LogP contribution in [0.25, 0.3) is 10.2 Å². The summed E-state index contributed by atoms with van der Waals surface area (Å²) in [6.45, 7) is 6.33. The Hall–Kier alpha value is -0.780. The van der Waals surface area contributed by atoms with E-state index in [2.05, 4.69) is 30.5 Å². The SMILES string of the molecule is CC(C)(C)NSc1nc2cc(O)ccc2s1. The molecule has 0 radical (unpaired) electrons. The van der Waals surface area contributed by atoms with Crippen LogP contribution in [0.5, 0.6) is 5.75 Å². The number of thiazole rings is 1. The van der Waals surface area contributed by atoms with Gasteiger partial charge in [-0.2, -0.15) is 0 Å². The Kier molecular flexibility index (Phi) is 3.10. The first-order valence-electron chi connectivity index (χ1n) is 4.98. The number of phenolic OH excluding ortho intramolecular Hbond substituents is 1. The van der Waals surface area contributed by atoms with Gasteiger partial charge in [0.15, 0.2) is 4.34 Å². The van der Waals surface area contributed by atoms with E-state index < -0.39 is 0 Å². The number of benzene rings is 1. The van der Waals surface area contributed by atoms with Crippen LogP contribution in [0, 0.1) is 0 Å². The number of rotatable bonds is 2. The molecule has 0 unspecified atom stereocenters. The summed E-state index contributed by atoms with van der Waals surface area (Å²) in [5.74, 6) is 0.262. The molecule has 0 aliphatic carbocycles. The van der Waals surface area contributed by atoms with Crippen LogP contribution in [0.3, 0.4) is 0 Å². The van der Waals surface area contributed by atoms with Crippen molar-refractivity contribution in [3.05, 3.63) is 18.2 Å². The molecule has 2 N–H and O–H groups in total. The molecule has 0 aliphatic rings. The molecule has 0 atom stereocenters. The molecule has 0 aliphatic heterocycles. The van der Waals surface area contributed by atoms with Gasteiger partial charge < -0.3 is 5.11 Å². The van der Waals surface area contributed by atoms with Gasteiger partial charge in [-0.05, 0) is 44.9 Å². The van der Waals surface area contributed by atoms with Crippen LogP contribution in [-0.2, 0) is 0 Å². The normalized spacial score (nSPS) is 12.2. The Morgan fingerprint density at radius 3 is 2.81 bits per heavy atom. The lowest BCUT2D eigenvalue weighted by Gasteiger charge is -2.17. The minimum absolute atomic E-state index is 0.0602. The molecule has 0 spiro atoms. The topological polar surface area (TPSA) is 45.2 Å². The van der Waals surface area contributed by atoms with Gasteiger partial charge >= 0.3 is 0 Å². The van der Waals surface area contributed by atoms with Gasteiger partial charge in [0.2, 0.25) is 0 Å². The average Bonchev–Trinajstić information content (AvgIpc) is 2.55. The van der Waals surface area contributed by atoms with Gasteiger partial charge in [-0.15, -0.1) is 11.3 Å². The van der Waals surface area contributed by atoms with Gasteiger partial charge in [-0.1, -0.05) is 0 Å². The highest BCUT2D eigenvalue weighted by Gasteiger charge is 2.11. The zero-order valence-corrected chi connectivity index (χ0v) is 11.1. The molecular formula is C11H14N2OS2. The summed E-state index contributed by atoms with van der Waals surface area (Å²) in [5.41, 5.74) is 0.910. The number of hydrogen-bond acceptors (Lipinski definition) is 5. The van der Waals surface area contributed by atoms with E-state index in [1.165, 1.54) is 11.9 Å². The van der Waals surface area contributed by atoms with Crippen molar-refractivity contribution in [2.45, 2.75) is 30.6 Å². The summed E-state index contributed by atoms with van der Waals surface area (Å²) < 4.78 is 5.38. The van der Waals surface area contributed by atoms with Crippen LogP contribution in [0.15, 0.2) is 22.5 Å². The third-order valence-electron chi connectivity index (χ3n) is 1.80. The monoisotopic (exact) mass is 254 g/mol. The van der Waals surface area contributed by atoms with Crippen molar-refractivity contribution in [1.82, 2.24) is 9.71 Å². The third-order valence-corrected chi connectivity index (χ3v) is 4.11. The van der Waals surface area contributed by atoms with E-state index in [0.717, 1.165) is 14.6 Å². The van der Waals surface area contributed by atoms with Crippen LogP contribution in [0.4, 0.5) is 0 Å². The maximum Gasteiger partial charge on any atom is 0.166 e. The van der Waals surface area contributed by atoms with Gasteiger partial charge in [0.1, 0.15) is 5.75 Å². The van der Waals surface area contributed by atoms with Gasteiger partial charge in [0.05, 0.1) is 10.2 Å². The molecule has 3 nitrogen and oxygen atoms in total. The highest BCUT2D eigenvalue weighted by molar-refractivity contribution is 7.99. The summed E-state index contributed by atoms with van der Waals surface area (Å²) in [6.07, 6.45) is 0. The first kappa shape index (κ1) is 11.7. The fourth-order valence-corrected chi connectivity index (χ4v) is 2.91. The standard InChI is InChI=1S/C11H14N2OS2/c1-11(2,3)13-16-10-12-8-6-7(14)4-5-9(8)15-10/h4-6,13-14H,1-3H3. The van der Waals surface area contributed by atoms with E-state index in [-0.39, 0.29) is 11.3 Å². The fraction of sp³-hybridized carbons (Fsp3) is 0.364. The average molecular weight is 254 g/mol. The Bertz CT molecular complexity index is 502. The molecule has 0 fully saturated rings. The summed E-state index contributed by atoms with van der Waals surface area (Å²) in [7, 11) is 0. The second kappa shape index (κ2) is 4.24. The minimum atomic E-state index is 0.0602. The number of aromatic hydroxyl groups is 1. The van der Waals surface area contributed by atoms with Crippen molar-refractivity contribution in [3.63, 3.8) is 0 Å². The highest BCUT2D eigenvalue weighted by Crippen LogP contribution is 2.30. The Morgan fingerprint density at radius 1 is 1.38 bits per heavy atom. The molecule has 0 saturated carbocycles. The van der Waals surface area contributed by atoms with E-state index in [1.807, 2.05) is 6.07 Å². The van der Waals surface area contributed by atoms with E-state index in [1.54, 1.807) is 23.5 Å². The number of nitrogens with zero attached hydrogens (tertiary/aromatic N) is 1. The fourth-order valence-electron chi connectivity index (χ4n) is 1.14. The quantitative estimate of drug-likeness (QED) is 0.806. The number of hydrogen-bond donors (Lipinski definition) is 2. The van der Waals surface area contributed by atoms with Gasteiger partial charge in [-0.3, -0.25) is 4.72 Å². The lowest BCUT2D eigenvalue weighted by atomic mass is 10.1. The number of nitrogens with one attached hydrogen (secondary N) is 1. The zero-order valence-electron chi connectivity index (χ0n) is 9.44. The molecule has 2 rings (SSSR count). The van der Waals surface area contributed by atoms with Crippen molar-refractivity contribution < 1.29 is 5.11 Å². The van der Waals surface area contributed by atoms with Crippen molar-refractivity contribution in [2.75, 3.05) is 0 Å². The molecule has 1 heterocycles. The van der Waals surface area contributed by atoms with Crippen LogP contribution >= 0.6 is 23.3 Å². The smallest absolute Gasteiger partial charge is 0.166 e. The molecule has 0 amide bonds. The summed E-state index contributed by atoms with van der Waals surface area (Å²) in [6, 6.07) is 5.27. The zero-order chi connectivity index (χ0) is 11.8. The predicted molar refractivity (Wildman–Crippen MR) is 70.0 cm³/mol. The molecule has 16 heavy (non-hydrogen) atoms. The third kappa shape index (κ3) is 2.87. The molecule has 0 saturated heterocycles. The first-order valence-corrected chi connectivity index (χ1v) is 6.61. The van der Waals surface area contributed by atoms with Crippen LogP contribution in [0.1, 0.15) is 20.8 Å². The van der Waals surface area contributed by atoms with E-state index in [4.69, 9.17) is 0 Å². The lowest BCUT2D eigenvalue weighted by Crippen LogP contribution is -2.29. The van der Waals surface area contributed by atoms with E-state index >= 15 is 0 Å². The maximum absolute atomic E-state index is 9.34. The molecular weight excluding hydrogens is 240 g/mol. The molecule has 0 bridgehead atoms. The summed E-state index contributed by atoms with van der Waals surface area (Å²) in [4.78, 5) is 4.44. The minimum Gasteiger partial charge on any atom is -0.508 e. The van der Waals surface area contributed by atoms with Crippen LogP contribution in [-0.4, -0.2) is 15.6 Å². The number of phenols is 1. The van der Waals surface area contributed by atoms with Crippen molar-refractivity contribution in [2.24, 2.45) is 0 Å².